The highest BCUT2D eigenvalue weighted by Gasteiger charge is 2.37. The molecule has 1 aliphatic heterocycles. The van der Waals surface area contributed by atoms with E-state index in [0.717, 1.165) is 29.3 Å². The minimum atomic E-state index is -0.662. The molecule has 0 spiro atoms. The molecule has 196 valence electrons. The van der Waals surface area contributed by atoms with E-state index in [1.165, 1.54) is 12.1 Å². The number of terminal acetylenes is 1. The topological polar surface area (TPSA) is 88.0 Å². The van der Waals surface area contributed by atoms with Gasteiger partial charge in [0.25, 0.3) is 0 Å². The van der Waals surface area contributed by atoms with Crippen molar-refractivity contribution in [1.82, 2.24) is 26.3 Å². The van der Waals surface area contributed by atoms with Crippen molar-refractivity contribution in [3.8, 4) is 18.4 Å². The van der Waals surface area contributed by atoms with Gasteiger partial charge in [-0.2, -0.15) is 5.26 Å². The Morgan fingerprint density at radius 3 is 2.63 bits per heavy atom. The van der Waals surface area contributed by atoms with E-state index in [0.29, 0.717) is 41.3 Å². The Morgan fingerprint density at radius 2 is 2.03 bits per heavy atom. The van der Waals surface area contributed by atoms with E-state index in [1.807, 2.05) is 13.0 Å². The maximum absolute atomic E-state index is 13.8. The van der Waals surface area contributed by atoms with Gasteiger partial charge in [-0.1, -0.05) is 44.9 Å². The van der Waals surface area contributed by atoms with Gasteiger partial charge < -0.3 is 16.1 Å². The summed E-state index contributed by atoms with van der Waals surface area (Å²) in [5.74, 6) is 2.41. The van der Waals surface area contributed by atoms with Gasteiger partial charge in [-0.15, -0.1) is 12.0 Å². The monoisotopic (exact) mass is 511 g/mol. The van der Waals surface area contributed by atoms with Crippen molar-refractivity contribution < 1.29 is 4.39 Å². The predicted molar refractivity (Wildman–Crippen MR) is 152 cm³/mol. The Kier molecular flexibility index (Phi) is 7.82. The number of nitriles is 1. The van der Waals surface area contributed by atoms with Crippen LogP contribution in [0, 0.1) is 34.9 Å². The molecule has 1 unspecified atom stereocenters. The van der Waals surface area contributed by atoms with Gasteiger partial charge in [0.05, 0.1) is 27.7 Å². The molecule has 2 aliphatic rings. The van der Waals surface area contributed by atoms with Crippen LogP contribution >= 0.6 is 0 Å². The third-order valence-corrected chi connectivity index (χ3v) is 6.85. The summed E-state index contributed by atoms with van der Waals surface area (Å²) in [5, 5.41) is 20.5. The Hall–Kier alpha value is -3.79. The molecular weight excluding hydrogens is 476 g/mol. The number of hydrogen-bond acceptors (Lipinski definition) is 7. The standard InChI is InChI=1S/C29H35BFN7/c1-6-19(2)26-24(27(20(15-32)16-33-26)34-18-28(3,4)5)13-14-35-29(30,21-7-9-22(31)10-8-21)25-17-38(37-36-25)23-11-12-23/h1,7-10,13,16-17,23,34-37H,11-12,14,18,30H2,2-5H3/b24-13+,26-19+. The summed E-state index contributed by atoms with van der Waals surface area (Å²) in [5.41, 5.74) is 9.57. The van der Waals surface area contributed by atoms with Crippen molar-refractivity contribution in [2.24, 2.45) is 5.41 Å². The molecule has 4 N–H and O–H groups in total. The molecule has 7 nitrogen and oxygen atoms in total. The van der Waals surface area contributed by atoms with Crippen LogP contribution in [-0.2, 0) is 5.44 Å². The summed E-state index contributed by atoms with van der Waals surface area (Å²) < 4.78 is 13.8. The summed E-state index contributed by atoms with van der Waals surface area (Å²) in [6.45, 7) is 9.35. The van der Waals surface area contributed by atoms with Crippen molar-refractivity contribution >= 4 is 25.2 Å². The second kappa shape index (κ2) is 10.9. The lowest BCUT2D eigenvalue weighted by atomic mass is 9.69. The summed E-state index contributed by atoms with van der Waals surface area (Å²) in [7, 11) is 2.06. The fourth-order valence-electron chi connectivity index (χ4n) is 4.35. The Morgan fingerprint density at radius 1 is 1.32 bits per heavy atom. The molecule has 2 aromatic rings. The number of aromatic nitrogens is 1. The molecule has 0 bridgehead atoms. The molecular formula is C29H35BFN7. The Labute approximate surface area is 225 Å². The molecule has 0 saturated heterocycles. The number of benzene rings is 1. The average molecular weight is 511 g/mol. The first kappa shape index (κ1) is 27.3. The zero-order valence-corrected chi connectivity index (χ0v) is 22.7. The highest BCUT2D eigenvalue weighted by atomic mass is 19.1. The van der Waals surface area contributed by atoms with Crippen molar-refractivity contribution in [3.05, 3.63) is 69.9 Å². The molecule has 0 radical (unpaired) electrons. The zero-order valence-electron chi connectivity index (χ0n) is 22.7. The molecule has 38 heavy (non-hydrogen) atoms. The number of rotatable bonds is 8. The Balaban J connectivity index is 1.76. The summed E-state index contributed by atoms with van der Waals surface area (Å²) in [6.07, 6.45) is 13.7. The summed E-state index contributed by atoms with van der Waals surface area (Å²) in [4.78, 5) is 4.54. The van der Waals surface area contributed by atoms with Crippen LogP contribution in [-0.4, -0.2) is 37.0 Å². The largest absolute Gasteiger partial charge is 0.383 e. The zero-order chi connectivity index (χ0) is 27.5. The van der Waals surface area contributed by atoms with Crippen molar-refractivity contribution in [2.45, 2.75) is 52.0 Å². The number of nitrogens with one attached hydrogen (secondary N) is 4. The molecule has 1 aliphatic carbocycles. The van der Waals surface area contributed by atoms with Gasteiger partial charge in [-0.05, 0) is 42.9 Å². The molecule has 1 saturated carbocycles. The lowest BCUT2D eigenvalue weighted by Crippen LogP contribution is -2.50. The molecule has 9 heteroatoms. The van der Waals surface area contributed by atoms with E-state index in [9.17, 15) is 9.65 Å². The van der Waals surface area contributed by atoms with E-state index < -0.39 is 5.44 Å². The first-order chi connectivity index (χ1) is 18.1. The number of hydrogen-bond donors (Lipinski definition) is 4. The number of pyridine rings is 1. The van der Waals surface area contributed by atoms with E-state index in [4.69, 9.17) is 6.42 Å². The number of hydrazine groups is 2. The van der Waals surface area contributed by atoms with Crippen molar-refractivity contribution in [2.75, 3.05) is 18.4 Å². The molecule has 1 atom stereocenters. The maximum atomic E-state index is 13.8. The van der Waals surface area contributed by atoms with Crippen molar-refractivity contribution in [1.29, 1.82) is 5.26 Å². The maximum Gasteiger partial charge on any atom is 0.141 e. The molecule has 2 heterocycles. The summed E-state index contributed by atoms with van der Waals surface area (Å²) >= 11 is 0. The van der Waals surface area contributed by atoms with Crippen LogP contribution in [0.2, 0.25) is 0 Å². The molecule has 0 amide bonds. The smallest absolute Gasteiger partial charge is 0.141 e. The predicted octanol–water partition coefficient (Wildman–Crippen LogP) is 1.54. The van der Waals surface area contributed by atoms with Crippen LogP contribution < -0.4 is 32.2 Å². The normalized spacial score (nSPS) is 18.1. The Bertz CT molecular complexity index is 1430. The third-order valence-electron chi connectivity index (χ3n) is 6.85. The summed E-state index contributed by atoms with van der Waals surface area (Å²) in [6, 6.07) is 9.27. The van der Waals surface area contributed by atoms with Crippen LogP contribution in [0.1, 0.15) is 51.7 Å². The van der Waals surface area contributed by atoms with Gasteiger partial charge >= 0.3 is 0 Å². The molecule has 1 fully saturated rings. The molecule has 1 aromatic heterocycles. The van der Waals surface area contributed by atoms with Crippen LogP contribution in [0.4, 0.5) is 10.1 Å². The van der Waals surface area contributed by atoms with E-state index in [1.54, 1.807) is 18.3 Å². The lowest BCUT2D eigenvalue weighted by molar-refractivity contribution is 0.259. The molecule has 4 rings (SSSR count). The SMILES string of the molecule is BC(NC/C=c1/c(NCC(C)(C)C)c(C#N)cn/c1=C(\C)C#C)(C1=CN(C2CC2)NN1)c1ccc(F)cc1. The number of halogens is 1. The first-order valence-electron chi connectivity index (χ1n) is 12.9. The second-order valence-electron chi connectivity index (χ2n) is 11.2. The van der Waals surface area contributed by atoms with Gasteiger partial charge in [0.2, 0.25) is 0 Å². The fraction of sp³-hybridized carbons (Fsp3) is 0.379. The van der Waals surface area contributed by atoms with Gasteiger partial charge in [-0.3, -0.25) is 9.99 Å². The minimum absolute atomic E-state index is 0.00123. The minimum Gasteiger partial charge on any atom is -0.383 e. The van der Waals surface area contributed by atoms with Gasteiger partial charge in [0.1, 0.15) is 19.7 Å². The van der Waals surface area contributed by atoms with Crippen LogP contribution in [0.5, 0.6) is 0 Å². The van der Waals surface area contributed by atoms with Gasteiger partial charge in [0, 0.05) is 42.3 Å². The molecule has 1 aromatic carbocycles. The first-order valence-corrected chi connectivity index (χ1v) is 12.9. The number of anilines is 1. The second-order valence-corrected chi connectivity index (χ2v) is 11.2. The highest BCUT2D eigenvalue weighted by molar-refractivity contribution is 6.17. The van der Waals surface area contributed by atoms with Crippen LogP contribution in [0.3, 0.4) is 0 Å². The van der Waals surface area contributed by atoms with E-state index in [2.05, 4.69) is 78.4 Å². The average Bonchev–Trinajstić information content (AvgIpc) is 3.62. The van der Waals surface area contributed by atoms with Crippen LogP contribution in [0.15, 0.2) is 42.4 Å². The van der Waals surface area contributed by atoms with E-state index in [-0.39, 0.29) is 11.2 Å². The number of nitrogens with zero attached hydrogens (tertiary/aromatic N) is 3. The lowest BCUT2D eigenvalue weighted by Gasteiger charge is -2.32. The van der Waals surface area contributed by atoms with Gasteiger partial charge in [0.15, 0.2) is 0 Å². The van der Waals surface area contributed by atoms with Gasteiger partial charge in [-0.25, -0.2) is 4.39 Å². The fourth-order valence-corrected chi connectivity index (χ4v) is 4.35. The highest BCUT2D eigenvalue weighted by Crippen LogP contribution is 2.31. The van der Waals surface area contributed by atoms with Crippen LogP contribution in [0.25, 0.3) is 11.6 Å². The van der Waals surface area contributed by atoms with Crippen molar-refractivity contribution in [3.63, 3.8) is 0 Å². The quantitative estimate of drug-likeness (QED) is 0.316. The van der Waals surface area contributed by atoms with E-state index >= 15 is 0 Å². The third kappa shape index (κ3) is 6.02.